The van der Waals surface area contributed by atoms with Gasteiger partial charge in [-0.2, -0.15) is 4.31 Å². The second-order valence-corrected chi connectivity index (χ2v) is 9.04. The Bertz CT molecular complexity index is 1090. The zero-order valence-electron chi connectivity index (χ0n) is 16.3. The topological polar surface area (TPSA) is 90.0 Å². The van der Waals surface area contributed by atoms with Crippen molar-refractivity contribution in [1.29, 1.82) is 0 Å². The van der Waals surface area contributed by atoms with E-state index in [0.717, 1.165) is 22.5 Å². The van der Waals surface area contributed by atoms with Crippen LogP contribution in [0.5, 0.6) is 0 Å². The number of hydrogen-bond acceptors (Lipinski definition) is 5. The molecule has 1 aliphatic rings. The normalized spacial score (nSPS) is 18.6. The number of carbonyl (C=O) groups excluding carboxylic acids is 1. The van der Waals surface area contributed by atoms with Crippen molar-refractivity contribution in [1.82, 2.24) is 9.21 Å². The van der Waals surface area contributed by atoms with Gasteiger partial charge in [-0.05, 0) is 25.2 Å². The molecular formula is C19H19F4N3O4S. The van der Waals surface area contributed by atoms with Gasteiger partial charge in [0, 0.05) is 49.6 Å². The average Bonchev–Trinajstić information content (AvgIpc) is 2.86. The van der Waals surface area contributed by atoms with E-state index in [4.69, 9.17) is 0 Å². The lowest BCUT2D eigenvalue weighted by Gasteiger charge is -2.21. The Kier molecular flexibility index (Phi) is 6.65. The third-order valence-electron chi connectivity index (χ3n) is 4.72. The molecule has 1 fully saturated rings. The Morgan fingerprint density at radius 2 is 1.68 bits per heavy atom. The lowest BCUT2D eigenvalue weighted by atomic mass is 10.2. The first-order chi connectivity index (χ1) is 14.5. The van der Waals surface area contributed by atoms with Gasteiger partial charge in [0.25, 0.3) is 5.91 Å². The van der Waals surface area contributed by atoms with Gasteiger partial charge in [0.1, 0.15) is 10.7 Å². The fraction of sp³-hybridized carbons (Fsp3) is 0.316. The van der Waals surface area contributed by atoms with Crippen molar-refractivity contribution in [3.8, 4) is 0 Å². The molecule has 2 N–H and O–H groups in total. The highest BCUT2D eigenvalue weighted by Gasteiger charge is 2.32. The number of sulfonamides is 1. The Balaban J connectivity index is 1.89. The second-order valence-electron chi connectivity index (χ2n) is 7.13. The summed E-state index contributed by atoms with van der Waals surface area (Å²) in [5.41, 5.74) is -0.716. The molecule has 168 valence electrons. The Morgan fingerprint density at radius 3 is 2.32 bits per heavy atom. The number of anilines is 1. The summed E-state index contributed by atoms with van der Waals surface area (Å²) in [6, 6.07) is 3.65. The Morgan fingerprint density at radius 1 is 1.03 bits per heavy atom. The van der Waals surface area contributed by atoms with Gasteiger partial charge in [0.15, 0.2) is 17.5 Å². The number of hydrogen-bond donors (Lipinski definition) is 2. The van der Waals surface area contributed by atoms with Crippen LogP contribution < -0.4 is 5.32 Å². The number of carbonyl (C=O) groups is 1. The third-order valence-corrected chi connectivity index (χ3v) is 6.60. The molecule has 0 bridgehead atoms. The van der Waals surface area contributed by atoms with Crippen LogP contribution >= 0.6 is 0 Å². The number of benzene rings is 2. The molecule has 3 rings (SSSR count). The van der Waals surface area contributed by atoms with Crippen molar-refractivity contribution in [2.75, 3.05) is 38.5 Å². The molecule has 1 unspecified atom stereocenters. The standard InChI is InChI=1S/C19H19F4N3O4S/c1-25-4-5-26(10-13(27)9-25)31(29,30)17-6-11(2-3-14(17)20)19(28)24-12-7-15(21)18(23)16(22)8-12/h2-3,6-8,13,27H,4-5,9-10H2,1H3,(H,24,28). The van der Waals surface area contributed by atoms with Gasteiger partial charge in [-0.3, -0.25) is 4.79 Å². The van der Waals surface area contributed by atoms with Gasteiger partial charge in [-0.25, -0.2) is 26.0 Å². The maximum absolute atomic E-state index is 14.4. The molecule has 2 aromatic rings. The highest BCUT2D eigenvalue weighted by Crippen LogP contribution is 2.23. The number of nitrogens with one attached hydrogen (secondary N) is 1. The van der Waals surface area contributed by atoms with Crippen LogP contribution in [0.4, 0.5) is 23.2 Å². The molecule has 1 amide bonds. The van der Waals surface area contributed by atoms with Crippen molar-refractivity contribution in [3.05, 3.63) is 59.2 Å². The summed E-state index contributed by atoms with van der Waals surface area (Å²) in [5, 5.41) is 12.1. The molecule has 31 heavy (non-hydrogen) atoms. The summed E-state index contributed by atoms with van der Waals surface area (Å²) in [5.74, 6) is -6.86. The predicted molar refractivity (Wildman–Crippen MR) is 103 cm³/mol. The minimum absolute atomic E-state index is 0.000109. The molecular weight excluding hydrogens is 442 g/mol. The van der Waals surface area contributed by atoms with Gasteiger partial charge >= 0.3 is 0 Å². The molecule has 12 heteroatoms. The number of nitrogens with zero attached hydrogens (tertiary/aromatic N) is 2. The first-order valence-electron chi connectivity index (χ1n) is 9.11. The maximum atomic E-state index is 14.4. The van der Waals surface area contributed by atoms with E-state index in [9.17, 15) is 35.9 Å². The molecule has 7 nitrogen and oxygen atoms in total. The van der Waals surface area contributed by atoms with E-state index in [1.807, 2.05) is 0 Å². The minimum Gasteiger partial charge on any atom is -0.390 e. The van der Waals surface area contributed by atoms with E-state index in [2.05, 4.69) is 5.32 Å². The molecule has 0 aliphatic carbocycles. The van der Waals surface area contributed by atoms with E-state index in [0.29, 0.717) is 18.7 Å². The zero-order valence-corrected chi connectivity index (χ0v) is 17.1. The summed E-state index contributed by atoms with van der Waals surface area (Å²) in [6.45, 7) is 0.290. The van der Waals surface area contributed by atoms with E-state index in [1.165, 1.54) is 0 Å². The molecule has 0 radical (unpaired) electrons. The van der Waals surface area contributed by atoms with Crippen LogP contribution in [-0.4, -0.2) is 68.0 Å². The Hall–Kier alpha value is -2.54. The molecule has 1 atom stereocenters. The summed E-state index contributed by atoms with van der Waals surface area (Å²) in [7, 11) is -2.70. The molecule has 2 aromatic carbocycles. The maximum Gasteiger partial charge on any atom is 0.255 e. The van der Waals surface area contributed by atoms with Gasteiger partial charge in [-0.15, -0.1) is 0 Å². The SMILES string of the molecule is CN1CCN(S(=O)(=O)c2cc(C(=O)Nc3cc(F)c(F)c(F)c3)ccc2F)CC(O)C1. The third kappa shape index (κ3) is 5.03. The van der Waals surface area contributed by atoms with E-state index in [-0.39, 0.29) is 25.2 Å². The van der Waals surface area contributed by atoms with Crippen LogP contribution in [0, 0.1) is 23.3 Å². The minimum atomic E-state index is -4.40. The average molecular weight is 461 g/mol. The highest BCUT2D eigenvalue weighted by atomic mass is 32.2. The molecule has 1 heterocycles. The van der Waals surface area contributed by atoms with E-state index in [1.54, 1.807) is 11.9 Å². The largest absolute Gasteiger partial charge is 0.390 e. The van der Waals surface area contributed by atoms with Crippen molar-refractivity contribution >= 4 is 21.6 Å². The summed E-state index contributed by atoms with van der Waals surface area (Å²) < 4.78 is 81.0. The highest BCUT2D eigenvalue weighted by molar-refractivity contribution is 7.89. The van der Waals surface area contributed by atoms with Gasteiger partial charge < -0.3 is 15.3 Å². The van der Waals surface area contributed by atoms with Crippen molar-refractivity contribution in [2.24, 2.45) is 0 Å². The van der Waals surface area contributed by atoms with Crippen LogP contribution in [0.25, 0.3) is 0 Å². The number of halogens is 4. The van der Waals surface area contributed by atoms with Gasteiger partial charge in [0.05, 0.1) is 6.10 Å². The summed E-state index contributed by atoms with van der Waals surface area (Å²) in [4.78, 5) is 13.4. The number of likely N-dealkylation sites (N-methyl/N-ethyl adjacent to an activating group) is 1. The number of β-amino-alcohol motifs (C(OH)–C–C–N with tert-alkyl or cyclic N) is 1. The van der Waals surface area contributed by atoms with Crippen LogP contribution in [0.3, 0.4) is 0 Å². The second kappa shape index (κ2) is 8.91. The van der Waals surface area contributed by atoms with Crippen LogP contribution in [-0.2, 0) is 10.0 Å². The summed E-state index contributed by atoms with van der Waals surface area (Å²) in [6.07, 6.45) is -0.986. The van der Waals surface area contributed by atoms with Gasteiger partial charge in [-0.1, -0.05) is 0 Å². The monoisotopic (exact) mass is 461 g/mol. The molecule has 0 spiro atoms. The number of rotatable bonds is 4. The first kappa shape index (κ1) is 23.1. The number of aliphatic hydroxyl groups is 1. The summed E-state index contributed by atoms with van der Waals surface area (Å²) >= 11 is 0. The predicted octanol–water partition coefficient (Wildman–Crippen LogP) is 1.79. The van der Waals surface area contributed by atoms with Crippen molar-refractivity contribution < 1.29 is 35.9 Å². The fourth-order valence-electron chi connectivity index (χ4n) is 3.15. The first-order valence-corrected chi connectivity index (χ1v) is 10.5. The lowest BCUT2D eigenvalue weighted by molar-refractivity contribution is 0.102. The molecule has 0 saturated carbocycles. The lowest BCUT2D eigenvalue weighted by Crippen LogP contribution is -2.38. The number of amides is 1. The van der Waals surface area contributed by atoms with Crippen LogP contribution in [0.1, 0.15) is 10.4 Å². The van der Waals surface area contributed by atoms with E-state index < -0.39 is 55.9 Å². The van der Waals surface area contributed by atoms with Crippen molar-refractivity contribution in [3.63, 3.8) is 0 Å². The Labute approximate surface area is 175 Å². The molecule has 1 saturated heterocycles. The van der Waals surface area contributed by atoms with E-state index >= 15 is 0 Å². The molecule has 0 aromatic heterocycles. The molecule has 1 aliphatic heterocycles. The zero-order chi connectivity index (χ0) is 22.9. The quantitative estimate of drug-likeness (QED) is 0.536. The van der Waals surface area contributed by atoms with Crippen LogP contribution in [0.2, 0.25) is 0 Å². The van der Waals surface area contributed by atoms with Crippen molar-refractivity contribution in [2.45, 2.75) is 11.0 Å². The fourth-order valence-corrected chi connectivity index (χ4v) is 4.71. The smallest absolute Gasteiger partial charge is 0.255 e. The van der Waals surface area contributed by atoms with Gasteiger partial charge in [0.2, 0.25) is 10.0 Å². The van der Waals surface area contributed by atoms with Crippen LogP contribution in [0.15, 0.2) is 35.2 Å². The number of aliphatic hydroxyl groups excluding tert-OH is 1.